The van der Waals surface area contributed by atoms with Crippen LogP contribution in [0.15, 0.2) is 18.3 Å². The van der Waals surface area contributed by atoms with Gasteiger partial charge < -0.3 is 16.0 Å². The Balaban J connectivity index is 1.83. The molecule has 1 atom stereocenters. The third kappa shape index (κ3) is 5.01. The van der Waals surface area contributed by atoms with Gasteiger partial charge in [0.25, 0.3) is 0 Å². The lowest BCUT2D eigenvalue weighted by atomic mass is 9.99. The molecular formula is C16H26N4O. The van der Waals surface area contributed by atoms with E-state index in [0.29, 0.717) is 13.0 Å². The fourth-order valence-electron chi connectivity index (χ4n) is 2.51. The predicted octanol–water partition coefficient (Wildman–Crippen LogP) is 1.67. The Bertz CT molecular complexity index is 450. The molecule has 5 heteroatoms. The van der Waals surface area contributed by atoms with E-state index in [9.17, 15) is 4.79 Å². The number of carbonyl (C=O) groups is 1. The molecular weight excluding hydrogens is 264 g/mol. The molecule has 1 saturated heterocycles. The van der Waals surface area contributed by atoms with Crippen molar-refractivity contribution in [3.8, 4) is 0 Å². The predicted molar refractivity (Wildman–Crippen MR) is 85.0 cm³/mol. The molecule has 3 N–H and O–H groups in total. The van der Waals surface area contributed by atoms with E-state index < -0.39 is 0 Å². The second kappa shape index (κ2) is 7.41. The number of amides is 1. The van der Waals surface area contributed by atoms with Crippen LogP contribution in [0.5, 0.6) is 0 Å². The van der Waals surface area contributed by atoms with Gasteiger partial charge in [0.2, 0.25) is 5.91 Å². The fraction of sp³-hybridized carbons (Fsp3) is 0.625. The zero-order chi connectivity index (χ0) is 15.2. The highest BCUT2D eigenvalue weighted by Gasteiger charge is 2.16. The van der Waals surface area contributed by atoms with E-state index in [0.717, 1.165) is 30.4 Å². The molecule has 2 heterocycles. The Morgan fingerprint density at radius 2 is 2.19 bits per heavy atom. The molecule has 0 aromatic carbocycles. The molecule has 1 aromatic heterocycles. The molecule has 1 unspecified atom stereocenters. The van der Waals surface area contributed by atoms with E-state index in [-0.39, 0.29) is 11.9 Å². The van der Waals surface area contributed by atoms with E-state index in [1.54, 1.807) is 0 Å². The average Bonchev–Trinajstić information content (AvgIpc) is 2.46. The van der Waals surface area contributed by atoms with Crippen LogP contribution in [0.2, 0.25) is 0 Å². The lowest BCUT2D eigenvalue weighted by Crippen LogP contribution is -2.33. The molecule has 5 nitrogen and oxygen atoms in total. The Morgan fingerprint density at radius 1 is 1.48 bits per heavy atom. The number of carbonyl (C=O) groups excluding carboxylic acids is 1. The van der Waals surface area contributed by atoms with Crippen molar-refractivity contribution in [2.75, 3.05) is 18.0 Å². The van der Waals surface area contributed by atoms with Gasteiger partial charge in [0, 0.05) is 38.3 Å². The van der Waals surface area contributed by atoms with Crippen LogP contribution in [0.1, 0.15) is 38.7 Å². The molecule has 1 fully saturated rings. The fourth-order valence-corrected chi connectivity index (χ4v) is 2.51. The monoisotopic (exact) mass is 290 g/mol. The average molecular weight is 290 g/mol. The van der Waals surface area contributed by atoms with Gasteiger partial charge >= 0.3 is 0 Å². The van der Waals surface area contributed by atoms with E-state index in [4.69, 9.17) is 5.73 Å². The van der Waals surface area contributed by atoms with Gasteiger partial charge in [0.05, 0.1) is 0 Å². The highest BCUT2D eigenvalue weighted by Crippen LogP contribution is 2.21. The van der Waals surface area contributed by atoms with E-state index in [2.05, 4.69) is 22.1 Å². The lowest BCUT2D eigenvalue weighted by molar-refractivity contribution is -0.121. The van der Waals surface area contributed by atoms with Crippen LogP contribution >= 0.6 is 0 Å². The molecule has 1 amide bonds. The summed E-state index contributed by atoms with van der Waals surface area (Å²) in [5, 5.41) is 2.86. The van der Waals surface area contributed by atoms with Crippen molar-refractivity contribution in [1.82, 2.24) is 10.3 Å². The molecule has 0 spiro atoms. The Hall–Kier alpha value is -1.62. The number of nitrogens with two attached hydrogens (primary N) is 1. The van der Waals surface area contributed by atoms with Crippen LogP contribution in [-0.2, 0) is 11.3 Å². The van der Waals surface area contributed by atoms with Gasteiger partial charge in [-0.1, -0.05) is 13.0 Å². The van der Waals surface area contributed by atoms with Crippen LogP contribution in [0.4, 0.5) is 5.82 Å². The van der Waals surface area contributed by atoms with Crippen molar-refractivity contribution in [2.24, 2.45) is 11.7 Å². The van der Waals surface area contributed by atoms with Crippen LogP contribution in [-0.4, -0.2) is 30.0 Å². The minimum Gasteiger partial charge on any atom is -0.357 e. The summed E-state index contributed by atoms with van der Waals surface area (Å²) >= 11 is 0. The summed E-state index contributed by atoms with van der Waals surface area (Å²) in [6.45, 7) is 6.81. The molecule has 1 aliphatic rings. The van der Waals surface area contributed by atoms with Gasteiger partial charge in [-0.2, -0.15) is 0 Å². The summed E-state index contributed by atoms with van der Waals surface area (Å²) in [5.74, 6) is 1.84. The molecule has 0 bridgehead atoms. The highest BCUT2D eigenvalue weighted by atomic mass is 16.1. The zero-order valence-corrected chi connectivity index (χ0v) is 13.0. The van der Waals surface area contributed by atoms with Crippen molar-refractivity contribution in [3.05, 3.63) is 23.9 Å². The molecule has 1 aliphatic heterocycles. The first-order valence-electron chi connectivity index (χ1n) is 7.76. The van der Waals surface area contributed by atoms with Gasteiger partial charge in [-0.15, -0.1) is 0 Å². The Kier molecular flexibility index (Phi) is 5.56. The van der Waals surface area contributed by atoms with E-state index in [1.165, 1.54) is 12.8 Å². The molecule has 116 valence electrons. The van der Waals surface area contributed by atoms with Gasteiger partial charge in [0.1, 0.15) is 5.82 Å². The Labute approximate surface area is 126 Å². The maximum absolute atomic E-state index is 11.6. The van der Waals surface area contributed by atoms with Crippen LogP contribution in [0.3, 0.4) is 0 Å². The molecule has 2 rings (SSSR count). The summed E-state index contributed by atoms with van der Waals surface area (Å²) in [5.41, 5.74) is 6.61. The first kappa shape index (κ1) is 15.8. The number of pyridine rings is 1. The quantitative estimate of drug-likeness (QED) is 0.865. The lowest BCUT2D eigenvalue weighted by Gasteiger charge is -2.31. The van der Waals surface area contributed by atoms with E-state index >= 15 is 0 Å². The molecule has 0 saturated carbocycles. The molecule has 21 heavy (non-hydrogen) atoms. The zero-order valence-electron chi connectivity index (χ0n) is 13.0. The Morgan fingerprint density at radius 3 is 2.76 bits per heavy atom. The summed E-state index contributed by atoms with van der Waals surface area (Å²) in [6.07, 6.45) is 4.67. The van der Waals surface area contributed by atoms with Gasteiger partial charge in [0.15, 0.2) is 0 Å². The number of hydrogen-bond acceptors (Lipinski definition) is 4. The van der Waals surface area contributed by atoms with Crippen molar-refractivity contribution in [1.29, 1.82) is 0 Å². The molecule has 0 aliphatic carbocycles. The third-order valence-corrected chi connectivity index (χ3v) is 3.91. The number of anilines is 1. The maximum atomic E-state index is 11.6. The largest absolute Gasteiger partial charge is 0.357 e. The number of hydrogen-bond donors (Lipinski definition) is 2. The number of nitrogens with one attached hydrogen (secondary N) is 1. The summed E-state index contributed by atoms with van der Waals surface area (Å²) in [6, 6.07) is 3.97. The number of piperidine rings is 1. The smallest absolute Gasteiger partial charge is 0.221 e. The van der Waals surface area contributed by atoms with Crippen molar-refractivity contribution >= 4 is 11.7 Å². The third-order valence-electron chi connectivity index (χ3n) is 3.91. The van der Waals surface area contributed by atoms with Gasteiger partial charge in [-0.3, -0.25) is 4.79 Å². The normalized spacial score (nSPS) is 17.6. The number of rotatable bonds is 5. The van der Waals surface area contributed by atoms with Crippen LogP contribution < -0.4 is 16.0 Å². The van der Waals surface area contributed by atoms with Crippen molar-refractivity contribution in [2.45, 2.75) is 45.7 Å². The highest BCUT2D eigenvalue weighted by molar-refractivity contribution is 5.76. The minimum atomic E-state index is -0.105. The van der Waals surface area contributed by atoms with Crippen LogP contribution in [0, 0.1) is 5.92 Å². The maximum Gasteiger partial charge on any atom is 0.221 e. The second-order valence-corrected chi connectivity index (χ2v) is 6.15. The topological polar surface area (TPSA) is 71.2 Å². The van der Waals surface area contributed by atoms with Gasteiger partial charge in [-0.05, 0) is 37.3 Å². The second-order valence-electron chi connectivity index (χ2n) is 6.15. The van der Waals surface area contributed by atoms with E-state index in [1.807, 2.05) is 25.3 Å². The molecule has 1 aromatic rings. The van der Waals surface area contributed by atoms with Crippen molar-refractivity contribution < 1.29 is 4.79 Å². The number of nitrogens with zero attached hydrogens (tertiary/aromatic N) is 2. The summed E-state index contributed by atoms with van der Waals surface area (Å²) in [7, 11) is 0. The first-order valence-corrected chi connectivity index (χ1v) is 7.76. The van der Waals surface area contributed by atoms with Crippen molar-refractivity contribution in [3.63, 3.8) is 0 Å². The summed E-state index contributed by atoms with van der Waals surface area (Å²) < 4.78 is 0. The minimum absolute atomic E-state index is 0.0147. The van der Waals surface area contributed by atoms with Gasteiger partial charge in [-0.25, -0.2) is 4.98 Å². The first-order chi connectivity index (χ1) is 10.0. The summed E-state index contributed by atoms with van der Waals surface area (Å²) in [4.78, 5) is 18.4. The molecule has 0 radical (unpaired) electrons. The SMILES string of the molecule is CC(N)CC(=O)NCc1ccc(N2CCC(C)CC2)nc1. The van der Waals surface area contributed by atoms with Crippen LogP contribution in [0.25, 0.3) is 0 Å². The standard InChI is InChI=1S/C16H26N4O/c1-12-5-7-20(8-6-12)15-4-3-14(10-18-15)11-19-16(21)9-13(2)17/h3-4,10,12-13H,5-9,11,17H2,1-2H3,(H,19,21). The number of aromatic nitrogens is 1.